The van der Waals surface area contributed by atoms with Gasteiger partial charge >= 0.3 is 5.97 Å². The van der Waals surface area contributed by atoms with Crippen molar-refractivity contribution in [2.45, 2.75) is 24.0 Å². The van der Waals surface area contributed by atoms with Crippen molar-refractivity contribution in [3.63, 3.8) is 0 Å². The quantitative estimate of drug-likeness (QED) is 0.941. The molecule has 0 unspecified atom stereocenters. The molecule has 0 fully saturated rings. The smallest absolute Gasteiger partial charge is 0.336 e. The standard InChI is InChI=1S/C16H16O4S/c1-11(2)21(19,20)13-9-7-12(8-10-13)14-5-3-4-6-15(14)16(17)18/h3-11H,1-2H3,(H,17,18). The first-order chi connectivity index (χ1) is 9.84. The summed E-state index contributed by atoms with van der Waals surface area (Å²) in [7, 11) is -3.32. The summed E-state index contributed by atoms with van der Waals surface area (Å²) in [6.45, 7) is 3.26. The van der Waals surface area contributed by atoms with E-state index in [2.05, 4.69) is 0 Å². The highest BCUT2D eigenvalue weighted by Gasteiger charge is 2.19. The van der Waals surface area contributed by atoms with Crippen LogP contribution in [0.4, 0.5) is 0 Å². The van der Waals surface area contributed by atoms with Gasteiger partial charge in [-0.1, -0.05) is 30.3 Å². The molecule has 1 N–H and O–H groups in total. The molecule has 0 aliphatic carbocycles. The van der Waals surface area contributed by atoms with Crippen LogP contribution in [-0.2, 0) is 9.84 Å². The van der Waals surface area contributed by atoms with Crippen molar-refractivity contribution in [1.29, 1.82) is 0 Å². The Morgan fingerprint density at radius 2 is 1.57 bits per heavy atom. The molecule has 0 bridgehead atoms. The van der Waals surface area contributed by atoms with Gasteiger partial charge in [-0.15, -0.1) is 0 Å². The molecule has 4 nitrogen and oxygen atoms in total. The lowest BCUT2D eigenvalue weighted by Gasteiger charge is -2.10. The zero-order valence-electron chi connectivity index (χ0n) is 11.8. The van der Waals surface area contributed by atoms with Crippen LogP contribution in [-0.4, -0.2) is 24.7 Å². The van der Waals surface area contributed by atoms with Crippen LogP contribution in [0.5, 0.6) is 0 Å². The van der Waals surface area contributed by atoms with Crippen molar-refractivity contribution in [2.24, 2.45) is 0 Å². The number of hydrogen-bond donors (Lipinski definition) is 1. The Bertz CT molecular complexity index is 759. The molecule has 0 aliphatic rings. The first-order valence-corrected chi connectivity index (χ1v) is 8.05. The van der Waals surface area contributed by atoms with Crippen LogP contribution in [0.2, 0.25) is 0 Å². The fourth-order valence-corrected chi connectivity index (χ4v) is 3.08. The van der Waals surface area contributed by atoms with Gasteiger partial charge in [0.2, 0.25) is 0 Å². The van der Waals surface area contributed by atoms with Crippen LogP contribution in [0, 0.1) is 0 Å². The second-order valence-electron chi connectivity index (χ2n) is 4.97. The van der Waals surface area contributed by atoms with E-state index >= 15 is 0 Å². The SMILES string of the molecule is CC(C)S(=O)(=O)c1ccc(-c2ccccc2C(=O)O)cc1. The summed E-state index contributed by atoms with van der Waals surface area (Å²) >= 11 is 0. The third-order valence-corrected chi connectivity index (χ3v) is 5.44. The summed E-state index contributed by atoms with van der Waals surface area (Å²) in [4.78, 5) is 11.5. The Morgan fingerprint density at radius 3 is 2.10 bits per heavy atom. The number of benzene rings is 2. The van der Waals surface area contributed by atoms with Crippen LogP contribution >= 0.6 is 0 Å². The lowest BCUT2D eigenvalue weighted by Crippen LogP contribution is -2.13. The van der Waals surface area contributed by atoms with E-state index in [1.807, 2.05) is 0 Å². The van der Waals surface area contributed by atoms with Crippen molar-refractivity contribution < 1.29 is 18.3 Å². The van der Waals surface area contributed by atoms with Gasteiger partial charge in [-0.25, -0.2) is 13.2 Å². The van der Waals surface area contributed by atoms with E-state index in [-0.39, 0.29) is 10.5 Å². The zero-order chi connectivity index (χ0) is 15.6. The Kier molecular flexibility index (Phi) is 4.14. The maximum atomic E-state index is 12.1. The van der Waals surface area contributed by atoms with Crippen LogP contribution < -0.4 is 0 Å². The van der Waals surface area contributed by atoms with E-state index in [0.29, 0.717) is 11.1 Å². The lowest BCUT2D eigenvalue weighted by molar-refractivity contribution is 0.0697. The third-order valence-electron chi connectivity index (χ3n) is 3.27. The topological polar surface area (TPSA) is 71.4 Å². The van der Waals surface area contributed by atoms with E-state index in [1.165, 1.54) is 18.2 Å². The van der Waals surface area contributed by atoms with Gasteiger partial charge in [-0.3, -0.25) is 0 Å². The molecule has 5 heteroatoms. The molecule has 0 saturated heterocycles. The average molecular weight is 304 g/mol. The molecule has 2 rings (SSSR count). The van der Waals surface area contributed by atoms with Crippen LogP contribution in [0.15, 0.2) is 53.4 Å². The van der Waals surface area contributed by atoms with Gasteiger partial charge in [0.05, 0.1) is 15.7 Å². The number of aromatic carboxylic acids is 1. The molecule has 0 amide bonds. The summed E-state index contributed by atoms with van der Waals surface area (Å²) in [6.07, 6.45) is 0. The molecular weight excluding hydrogens is 288 g/mol. The molecule has 0 spiro atoms. The highest BCUT2D eigenvalue weighted by molar-refractivity contribution is 7.92. The third kappa shape index (κ3) is 2.97. The van der Waals surface area contributed by atoms with Gasteiger partial charge in [0, 0.05) is 0 Å². The maximum Gasteiger partial charge on any atom is 0.336 e. The van der Waals surface area contributed by atoms with Crippen molar-refractivity contribution in [1.82, 2.24) is 0 Å². The molecule has 0 atom stereocenters. The zero-order valence-corrected chi connectivity index (χ0v) is 12.6. The molecule has 0 aromatic heterocycles. The van der Waals surface area contributed by atoms with E-state index in [4.69, 9.17) is 0 Å². The van der Waals surface area contributed by atoms with Gasteiger partial charge in [-0.05, 0) is 43.2 Å². The summed E-state index contributed by atoms with van der Waals surface area (Å²) < 4.78 is 24.1. The van der Waals surface area contributed by atoms with Gasteiger partial charge in [0.1, 0.15) is 0 Å². The van der Waals surface area contributed by atoms with Gasteiger partial charge < -0.3 is 5.11 Å². The minimum atomic E-state index is -3.32. The monoisotopic (exact) mass is 304 g/mol. The molecule has 21 heavy (non-hydrogen) atoms. The summed E-state index contributed by atoms with van der Waals surface area (Å²) in [5, 5.41) is 8.70. The molecule has 0 saturated carbocycles. The highest BCUT2D eigenvalue weighted by atomic mass is 32.2. The Labute approximate surface area is 124 Å². The number of carbonyl (C=O) groups is 1. The van der Waals surface area contributed by atoms with Crippen LogP contribution in [0.25, 0.3) is 11.1 Å². The minimum Gasteiger partial charge on any atom is -0.478 e. The van der Waals surface area contributed by atoms with Crippen LogP contribution in [0.3, 0.4) is 0 Å². The summed E-state index contributed by atoms with van der Waals surface area (Å²) in [6, 6.07) is 12.9. The van der Waals surface area contributed by atoms with Crippen molar-refractivity contribution in [2.75, 3.05) is 0 Å². The van der Waals surface area contributed by atoms with E-state index < -0.39 is 21.1 Å². The van der Waals surface area contributed by atoms with E-state index in [9.17, 15) is 18.3 Å². The van der Waals surface area contributed by atoms with Crippen molar-refractivity contribution in [3.05, 3.63) is 54.1 Å². The predicted molar refractivity (Wildman–Crippen MR) is 81.2 cm³/mol. The first kappa shape index (κ1) is 15.3. The van der Waals surface area contributed by atoms with Gasteiger partial charge in [0.25, 0.3) is 0 Å². The highest BCUT2D eigenvalue weighted by Crippen LogP contribution is 2.26. The van der Waals surface area contributed by atoms with E-state index in [1.54, 1.807) is 44.2 Å². The molecule has 0 aliphatic heterocycles. The molecule has 0 heterocycles. The Morgan fingerprint density at radius 1 is 1.00 bits per heavy atom. The molecule has 110 valence electrons. The molecule has 2 aromatic carbocycles. The maximum absolute atomic E-state index is 12.1. The Balaban J connectivity index is 2.48. The number of sulfone groups is 1. The summed E-state index contributed by atoms with van der Waals surface area (Å²) in [5.41, 5.74) is 1.44. The first-order valence-electron chi connectivity index (χ1n) is 6.50. The molecule has 0 radical (unpaired) electrons. The normalized spacial score (nSPS) is 11.6. The fourth-order valence-electron chi connectivity index (χ4n) is 2.02. The largest absolute Gasteiger partial charge is 0.478 e. The molecule has 2 aromatic rings. The average Bonchev–Trinajstić information content (AvgIpc) is 2.47. The molecular formula is C16H16O4S. The number of carboxylic acid groups (broad SMARTS) is 1. The fraction of sp³-hybridized carbons (Fsp3) is 0.188. The summed E-state index contributed by atoms with van der Waals surface area (Å²) in [5.74, 6) is -1.01. The lowest BCUT2D eigenvalue weighted by atomic mass is 10.00. The second-order valence-corrected chi connectivity index (χ2v) is 7.47. The minimum absolute atomic E-state index is 0.192. The van der Waals surface area contributed by atoms with Crippen molar-refractivity contribution in [3.8, 4) is 11.1 Å². The predicted octanol–water partition coefficient (Wildman–Crippen LogP) is 3.23. The second kappa shape index (κ2) is 5.69. The Hall–Kier alpha value is -2.14. The van der Waals surface area contributed by atoms with Gasteiger partial charge in [-0.2, -0.15) is 0 Å². The number of rotatable bonds is 4. The van der Waals surface area contributed by atoms with Gasteiger partial charge in [0.15, 0.2) is 9.84 Å². The number of hydrogen-bond acceptors (Lipinski definition) is 3. The van der Waals surface area contributed by atoms with E-state index in [0.717, 1.165) is 0 Å². The number of carboxylic acids is 1. The van der Waals surface area contributed by atoms with Crippen LogP contribution in [0.1, 0.15) is 24.2 Å². The van der Waals surface area contributed by atoms with Crippen molar-refractivity contribution >= 4 is 15.8 Å².